The fourth-order valence-corrected chi connectivity index (χ4v) is 4.34. The molecule has 24 heavy (non-hydrogen) atoms. The van der Waals surface area contributed by atoms with Gasteiger partial charge in [-0.3, -0.25) is 9.69 Å². The molecule has 0 bridgehead atoms. The Morgan fingerprint density at radius 3 is 2.83 bits per heavy atom. The van der Waals surface area contributed by atoms with Crippen LogP contribution in [0.4, 0.5) is 0 Å². The Hall–Kier alpha value is -2.14. The second-order valence-corrected chi connectivity index (χ2v) is 6.92. The van der Waals surface area contributed by atoms with E-state index < -0.39 is 12.0 Å². The van der Waals surface area contributed by atoms with Crippen LogP contribution in [-0.4, -0.2) is 33.2 Å². The van der Waals surface area contributed by atoms with E-state index in [2.05, 4.69) is 10.1 Å². The third kappa shape index (κ3) is 2.84. The van der Waals surface area contributed by atoms with Gasteiger partial charge in [-0.25, -0.2) is 0 Å². The largest absolute Gasteiger partial charge is 0.480 e. The number of hydrogen-bond acceptors (Lipinski definition) is 4. The lowest BCUT2D eigenvalue weighted by Gasteiger charge is -2.32. The average molecular weight is 326 g/mol. The van der Waals surface area contributed by atoms with Crippen LogP contribution in [0.15, 0.2) is 40.9 Å². The van der Waals surface area contributed by atoms with Crippen molar-refractivity contribution in [2.75, 3.05) is 0 Å². The van der Waals surface area contributed by atoms with Crippen molar-refractivity contribution in [1.82, 2.24) is 10.1 Å². The second-order valence-electron chi connectivity index (χ2n) is 6.92. The lowest BCUT2D eigenvalue weighted by Crippen LogP contribution is -2.41. The zero-order chi connectivity index (χ0) is 16.5. The van der Waals surface area contributed by atoms with Crippen LogP contribution in [0.25, 0.3) is 11.3 Å². The molecule has 1 N–H and O–H groups in total. The fourth-order valence-electron chi connectivity index (χ4n) is 4.34. The molecule has 1 aromatic heterocycles. The van der Waals surface area contributed by atoms with Crippen LogP contribution in [0.3, 0.4) is 0 Å². The lowest BCUT2D eigenvalue weighted by atomic mass is 9.85. The molecule has 2 heterocycles. The van der Waals surface area contributed by atoms with E-state index in [0.717, 1.165) is 36.3 Å². The van der Waals surface area contributed by atoms with E-state index >= 15 is 0 Å². The number of rotatable bonds is 4. The van der Waals surface area contributed by atoms with Crippen LogP contribution < -0.4 is 0 Å². The molecule has 3 atom stereocenters. The highest BCUT2D eigenvalue weighted by atomic mass is 16.5. The number of carbonyl (C=O) groups is 1. The Kier molecular flexibility index (Phi) is 4.10. The van der Waals surface area contributed by atoms with Gasteiger partial charge in [-0.1, -0.05) is 48.3 Å². The molecule has 0 unspecified atom stereocenters. The number of aromatic nitrogens is 1. The Morgan fingerprint density at radius 2 is 2.04 bits per heavy atom. The Bertz CT molecular complexity index is 712. The van der Waals surface area contributed by atoms with E-state index in [1.807, 2.05) is 36.4 Å². The highest BCUT2D eigenvalue weighted by molar-refractivity contribution is 5.74. The SMILES string of the molecule is O=C(O)[C@@H]1C[C@H]2CCCC[C@@H]2N1Cc1cc(-c2ccccc2)no1. The minimum absolute atomic E-state index is 0.366. The van der Waals surface area contributed by atoms with Crippen LogP contribution in [0, 0.1) is 5.92 Å². The maximum Gasteiger partial charge on any atom is 0.320 e. The number of aliphatic carboxylic acids is 1. The summed E-state index contributed by atoms with van der Waals surface area (Å²) in [6, 6.07) is 11.8. The fraction of sp³-hybridized carbons (Fsp3) is 0.474. The van der Waals surface area contributed by atoms with Crippen LogP contribution in [-0.2, 0) is 11.3 Å². The van der Waals surface area contributed by atoms with Gasteiger partial charge in [0.05, 0.1) is 6.54 Å². The quantitative estimate of drug-likeness (QED) is 0.930. The molecule has 0 amide bonds. The van der Waals surface area contributed by atoms with E-state index in [9.17, 15) is 9.90 Å². The number of fused-ring (bicyclic) bond motifs is 1. The number of carboxylic acids is 1. The van der Waals surface area contributed by atoms with Gasteiger partial charge in [0, 0.05) is 17.7 Å². The molecule has 0 radical (unpaired) electrons. The summed E-state index contributed by atoms with van der Waals surface area (Å²) in [6.07, 6.45) is 5.42. The first kappa shape index (κ1) is 15.4. The van der Waals surface area contributed by atoms with Crippen molar-refractivity contribution < 1.29 is 14.4 Å². The molecule has 2 fully saturated rings. The van der Waals surface area contributed by atoms with Gasteiger partial charge in [-0.05, 0) is 25.2 Å². The average Bonchev–Trinajstić information content (AvgIpc) is 3.21. The smallest absolute Gasteiger partial charge is 0.320 e. The summed E-state index contributed by atoms with van der Waals surface area (Å²) in [7, 11) is 0. The van der Waals surface area contributed by atoms with Crippen molar-refractivity contribution in [1.29, 1.82) is 0 Å². The minimum Gasteiger partial charge on any atom is -0.480 e. The molecule has 1 saturated heterocycles. The third-order valence-corrected chi connectivity index (χ3v) is 5.47. The van der Waals surface area contributed by atoms with Crippen LogP contribution >= 0.6 is 0 Å². The number of nitrogens with zero attached hydrogens (tertiary/aromatic N) is 2. The number of hydrogen-bond donors (Lipinski definition) is 1. The first-order chi connectivity index (χ1) is 11.7. The molecule has 126 valence electrons. The Labute approximate surface area is 141 Å². The van der Waals surface area contributed by atoms with Gasteiger partial charge in [0.2, 0.25) is 0 Å². The van der Waals surface area contributed by atoms with E-state index in [4.69, 9.17) is 4.52 Å². The maximum absolute atomic E-state index is 11.7. The summed E-state index contributed by atoms with van der Waals surface area (Å²) in [5.41, 5.74) is 1.82. The highest BCUT2D eigenvalue weighted by Gasteiger charge is 2.45. The molecule has 1 aromatic carbocycles. The van der Waals surface area contributed by atoms with Crippen molar-refractivity contribution in [2.24, 2.45) is 5.92 Å². The van der Waals surface area contributed by atoms with Crippen molar-refractivity contribution >= 4 is 5.97 Å². The predicted molar refractivity (Wildman–Crippen MR) is 89.3 cm³/mol. The second kappa shape index (κ2) is 6.40. The summed E-state index contributed by atoms with van der Waals surface area (Å²) in [6.45, 7) is 0.526. The summed E-state index contributed by atoms with van der Waals surface area (Å²) >= 11 is 0. The Balaban J connectivity index is 1.55. The van der Waals surface area contributed by atoms with Gasteiger partial charge in [-0.15, -0.1) is 0 Å². The molecule has 2 aromatic rings. The zero-order valence-electron chi connectivity index (χ0n) is 13.6. The molecule has 1 saturated carbocycles. The van der Waals surface area contributed by atoms with E-state index in [1.165, 1.54) is 12.8 Å². The van der Waals surface area contributed by atoms with Crippen molar-refractivity contribution in [3.8, 4) is 11.3 Å². The molecule has 1 aliphatic carbocycles. The zero-order valence-corrected chi connectivity index (χ0v) is 13.6. The first-order valence-electron chi connectivity index (χ1n) is 8.72. The predicted octanol–water partition coefficient (Wildman–Crippen LogP) is 3.56. The van der Waals surface area contributed by atoms with Gasteiger partial charge in [0.1, 0.15) is 11.7 Å². The minimum atomic E-state index is -0.716. The number of carboxylic acid groups (broad SMARTS) is 1. The third-order valence-electron chi connectivity index (χ3n) is 5.47. The molecule has 1 aliphatic heterocycles. The lowest BCUT2D eigenvalue weighted by molar-refractivity contribution is -0.143. The van der Waals surface area contributed by atoms with Crippen molar-refractivity contribution in [3.05, 3.63) is 42.2 Å². The van der Waals surface area contributed by atoms with Crippen LogP contribution in [0.1, 0.15) is 37.9 Å². The van der Waals surface area contributed by atoms with Gasteiger partial charge >= 0.3 is 5.97 Å². The topological polar surface area (TPSA) is 66.6 Å². The number of benzene rings is 1. The summed E-state index contributed by atoms with van der Waals surface area (Å²) in [5, 5.41) is 13.8. The van der Waals surface area contributed by atoms with Gasteiger partial charge in [0.25, 0.3) is 0 Å². The van der Waals surface area contributed by atoms with Crippen LogP contribution in [0.5, 0.6) is 0 Å². The molecule has 5 heteroatoms. The van der Waals surface area contributed by atoms with Crippen molar-refractivity contribution in [3.63, 3.8) is 0 Å². The number of likely N-dealkylation sites (tertiary alicyclic amines) is 1. The van der Waals surface area contributed by atoms with Gasteiger partial charge < -0.3 is 9.63 Å². The van der Waals surface area contributed by atoms with Crippen LogP contribution in [0.2, 0.25) is 0 Å². The van der Waals surface area contributed by atoms with E-state index in [-0.39, 0.29) is 0 Å². The maximum atomic E-state index is 11.7. The first-order valence-corrected chi connectivity index (χ1v) is 8.72. The monoisotopic (exact) mass is 326 g/mol. The molecule has 2 aliphatic rings. The molecule has 5 nitrogen and oxygen atoms in total. The molecular formula is C19H22N2O3. The van der Waals surface area contributed by atoms with E-state index in [0.29, 0.717) is 18.5 Å². The summed E-state index contributed by atoms with van der Waals surface area (Å²) in [5.74, 6) is 0.537. The standard InChI is InChI=1S/C19H22N2O3/c22-19(23)18-10-14-8-4-5-9-17(14)21(18)12-15-11-16(20-24-15)13-6-2-1-3-7-13/h1-3,6-7,11,14,17-18H,4-5,8-10,12H2,(H,22,23)/t14-,17+,18+/m1/s1. The summed E-state index contributed by atoms with van der Waals surface area (Å²) < 4.78 is 5.50. The van der Waals surface area contributed by atoms with Gasteiger partial charge in [-0.2, -0.15) is 0 Å². The molecule has 4 rings (SSSR count). The normalized spacial score (nSPS) is 27.1. The van der Waals surface area contributed by atoms with Gasteiger partial charge in [0.15, 0.2) is 5.76 Å². The van der Waals surface area contributed by atoms with E-state index in [1.54, 1.807) is 0 Å². The highest BCUT2D eigenvalue weighted by Crippen LogP contribution is 2.40. The molecule has 0 spiro atoms. The Morgan fingerprint density at radius 1 is 1.25 bits per heavy atom. The molecular weight excluding hydrogens is 304 g/mol. The summed E-state index contributed by atoms with van der Waals surface area (Å²) in [4.78, 5) is 13.8. The van der Waals surface area contributed by atoms with Crippen molar-refractivity contribution in [2.45, 2.75) is 50.7 Å².